The topological polar surface area (TPSA) is 115 Å². The van der Waals surface area contributed by atoms with E-state index in [1.807, 2.05) is 12.1 Å². The maximum atomic E-state index is 12.3. The lowest BCUT2D eigenvalue weighted by molar-refractivity contribution is -0.116. The van der Waals surface area contributed by atoms with E-state index in [-0.39, 0.29) is 30.5 Å². The van der Waals surface area contributed by atoms with Gasteiger partial charge in [0.15, 0.2) is 11.5 Å². The number of benzene rings is 2. The Bertz CT molecular complexity index is 988. The largest absolute Gasteiger partial charge is 0.382 e. The van der Waals surface area contributed by atoms with Gasteiger partial charge in [0.25, 0.3) is 5.91 Å². The molecule has 8 nitrogen and oxygen atoms in total. The molecule has 0 unspecified atom stereocenters. The quantitative estimate of drug-likeness (QED) is 0.520. The number of nitrogens with zero attached hydrogens (tertiary/aromatic N) is 3. The average molecular weight is 464 g/mol. The standard InChI is InChI=1S/C18H16BrClN6O2/c19-12-3-7-14(8-4-12)23-15(27)10-26-17(21)16(24-25-26)18(28)22-9-11-1-5-13(20)6-2-11/h1-8H,9-10,21H2,(H,22,28)(H,23,27). The lowest BCUT2D eigenvalue weighted by atomic mass is 10.2. The molecular formula is C18H16BrClN6O2. The first-order valence-electron chi connectivity index (χ1n) is 8.19. The number of halogens is 2. The fourth-order valence-electron chi connectivity index (χ4n) is 2.34. The van der Waals surface area contributed by atoms with E-state index in [9.17, 15) is 9.59 Å². The van der Waals surface area contributed by atoms with E-state index in [4.69, 9.17) is 17.3 Å². The van der Waals surface area contributed by atoms with Crippen LogP contribution >= 0.6 is 27.5 Å². The Kier molecular flexibility index (Phi) is 6.27. The molecule has 0 radical (unpaired) electrons. The number of nitrogens with two attached hydrogens (primary N) is 1. The highest BCUT2D eigenvalue weighted by molar-refractivity contribution is 9.10. The fourth-order valence-corrected chi connectivity index (χ4v) is 2.73. The number of hydrogen-bond acceptors (Lipinski definition) is 5. The van der Waals surface area contributed by atoms with Crippen molar-refractivity contribution in [3.8, 4) is 0 Å². The monoisotopic (exact) mass is 462 g/mol. The van der Waals surface area contributed by atoms with Crippen molar-refractivity contribution in [2.75, 3.05) is 11.1 Å². The number of aromatic nitrogens is 3. The molecule has 0 aliphatic rings. The van der Waals surface area contributed by atoms with Crippen LogP contribution in [-0.4, -0.2) is 26.8 Å². The molecule has 2 aromatic carbocycles. The van der Waals surface area contributed by atoms with Gasteiger partial charge in [-0.2, -0.15) is 0 Å². The molecule has 0 bridgehead atoms. The molecule has 10 heteroatoms. The summed E-state index contributed by atoms with van der Waals surface area (Å²) in [5, 5.41) is 13.6. The first-order chi connectivity index (χ1) is 13.4. The van der Waals surface area contributed by atoms with E-state index in [0.717, 1.165) is 10.0 Å². The summed E-state index contributed by atoms with van der Waals surface area (Å²) in [5.74, 6) is -0.807. The molecule has 0 fully saturated rings. The van der Waals surface area contributed by atoms with Crippen molar-refractivity contribution >= 4 is 50.9 Å². The Balaban J connectivity index is 1.59. The van der Waals surface area contributed by atoms with Crippen LogP contribution in [0.2, 0.25) is 5.02 Å². The lowest BCUT2D eigenvalue weighted by Crippen LogP contribution is -2.25. The number of nitrogen functional groups attached to an aromatic ring is 1. The summed E-state index contributed by atoms with van der Waals surface area (Å²) in [6.45, 7) is 0.117. The average Bonchev–Trinajstić information content (AvgIpc) is 3.03. The predicted octanol–water partition coefficient (Wildman–Crippen LogP) is 2.84. The van der Waals surface area contributed by atoms with Crippen molar-refractivity contribution in [1.82, 2.24) is 20.3 Å². The van der Waals surface area contributed by atoms with Crippen LogP contribution in [0.3, 0.4) is 0 Å². The van der Waals surface area contributed by atoms with Crippen molar-refractivity contribution in [1.29, 1.82) is 0 Å². The number of carbonyl (C=O) groups excluding carboxylic acids is 2. The second-order valence-electron chi connectivity index (χ2n) is 5.85. The molecule has 0 aliphatic heterocycles. The van der Waals surface area contributed by atoms with E-state index >= 15 is 0 Å². The van der Waals surface area contributed by atoms with Gasteiger partial charge in [0, 0.05) is 21.7 Å². The van der Waals surface area contributed by atoms with Crippen molar-refractivity contribution in [3.05, 3.63) is 69.3 Å². The molecule has 2 amide bonds. The van der Waals surface area contributed by atoms with Gasteiger partial charge in [0.2, 0.25) is 5.91 Å². The minimum absolute atomic E-state index is 0.0135. The smallest absolute Gasteiger partial charge is 0.275 e. The maximum Gasteiger partial charge on any atom is 0.275 e. The third-order valence-corrected chi connectivity index (χ3v) is 4.56. The molecule has 1 aromatic heterocycles. The van der Waals surface area contributed by atoms with Crippen LogP contribution in [0.1, 0.15) is 16.1 Å². The zero-order valence-electron chi connectivity index (χ0n) is 14.5. The highest BCUT2D eigenvalue weighted by Crippen LogP contribution is 2.15. The summed E-state index contributed by atoms with van der Waals surface area (Å²) >= 11 is 9.16. The fraction of sp³-hybridized carbons (Fsp3) is 0.111. The number of anilines is 2. The highest BCUT2D eigenvalue weighted by Gasteiger charge is 2.18. The summed E-state index contributed by atoms with van der Waals surface area (Å²) in [5.41, 5.74) is 7.40. The van der Waals surface area contributed by atoms with Crippen LogP contribution in [0.4, 0.5) is 11.5 Å². The second kappa shape index (κ2) is 8.85. The van der Waals surface area contributed by atoms with Crippen LogP contribution in [0.15, 0.2) is 53.0 Å². The summed E-state index contributed by atoms with van der Waals surface area (Å²) in [7, 11) is 0. The van der Waals surface area contributed by atoms with Gasteiger partial charge < -0.3 is 16.4 Å². The molecule has 28 heavy (non-hydrogen) atoms. The third-order valence-electron chi connectivity index (χ3n) is 3.78. The van der Waals surface area contributed by atoms with E-state index in [1.165, 1.54) is 4.68 Å². The summed E-state index contributed by atoms with van der Waals surface area (Å²) in [4.78, 5) is 24.4. The van der Waals surface area contributed by atoms with Crippen molar-refractivity contribution < 1.29 is 9.59 Å². The molecule has 144 valence electrons. The number of nitrogens with one attached hydrogen (secondary N) is 2. The molecule has 3 rings (SSSR count). The minimum atomic E-state index is -0.480. The van der Waals surface area contributed by atoms with Crippen molar-refractivity contribution in [3.63, 3.8) is 0 Å². The SMILES string of the molecule is Nc1c(C(=O)NCc2ccc(Cl)cc2)nnn1CC(=O)Nc1ccc(Br)cc1. The molecule has 4 N–H and O–H groups in total. The molecule has 0 saturated heterocycles. The van der Waals surface area contributed by atoms with E-state index in [2.05, 4.69) is 36.9 Å². The minimum Gasteiger partial charge on any atom is -0.382 e. The predicted molar refractivity (Wildman–Crippen MR) is 110 cm³/mol. The van der Waals surface area contributed by atoms with Crippen molar-refractivity contribution in [2.45, 2.75) is 13.1 Å². The van der Waals surface area contributed by atoms with Crippen LogP contribution in [0.5, 0.6) is 0 Å². The van der Waals surface area contributed by atoms with Crippen LogP contribution in [-0.2, 0) is 17.9 Å². The first-order valence-corrected chi connectivity index (χ1v) is 9.36. The van der Waals surface area contributed by atoms with Gasteiger partial charge in [-0.15, -0.1) is 5.10 Å². The molecule has 0 spiro atoms. The zero-order valence-corrected chi connectivity index (χ0v) is 16.9. The normalized spacial score (nSPS) is 10.5. The van der Waals surface area contributed by atoms with Gasteiger partial charge in [0.1, 0.15) is 6.54 Å². The van der Waals surface area contributed by atoms with Gasteiger partial charge in [-0.05, 0) is 42.0 Å². The number of rotatable bonds is 6. The van der Waals surface area contributed by atoms with E-state index in [0.29, 0.717) is 10.7 Å². The van der Waals surface area contributed by atoms with Crippen LogP contribution in [0.25, 0.3) is 0 Å². The molecular weight excluding hydrogens is 448 g/mol. The lowest BCUT2D eigenvalue weighted by Gasteiger charge is -2.07. The Morgan fingerprint density at radius 3 is 2.46 bits per heavy atom. The van der Waals surface area contributed by atoms with Crippen LogP contribution < -0.4 is 16.4 Å². The summed E-state index contributed by atoms with van der Waals surface area (Å²) in [6, 6.07) is 14.2. The first kappa shape index (κ1) is 19.8. The Morgan fingerprint density at radius 2 is 1.79 bits per heavy atom. The van der Waals surface area contributed by atoms with E-state index in [1.54, 1.807) is 36.4 Å². The van der Waals surface area contributed by atoms with Crippen LogP contribution in [0, 0.1) is 0 Å². The van der Waals surface area contributed by atoms with Crippen molar-refractivity contribution in [2.24, 2.45) is 0 Å². The number of amides is 2. The number of hydrogen-bond donors (Lipinski definition) is 3. The Labute approximate surface area is 174 Å². The summed E-state index contributed by atoms with van der Waals surface area (Å²) in [6.07, 6.45) is 0. The Hall–Kier alpha value is -2.91. The van der Waals surface area contributed by atoms with Gasteiger partial charge in [-0.3, -0.25) is 9.59 Å². The summed E-state index contributed by atoms with van der Waals surface area (Å²) < 4.78 is 2.08. The maximum absolute atomic E-state index is 12.3. The van der Waals surface area contributed by atoms with Gasteiger partial charge >= 0.3 is 0 Å². The molecule has 0 atom stereocenters. The Morgan fingerprint density at radius 1 is 1.11 bits per heavy atom. The van der Waals surface area contributed by atoms with Gasteiger partial charge in [-0.25, -0.2) is 4.68 Å². The zero-order chi connectivity index (χ0) is 20.1. The van der Waals surface area contributed by atoms with Gasteiger partial charge in [-0.1, -0.05) is 44.9 Å². The highest BCUT2D eigenvalue weighted by atomic mass is 79.9. The molecule has 0 saturated carbocycles. The molecule has 1 heterocycles. The number of carbonyl (C=O) groups is 2. The molecule has 0 aliphatic carbocycles. The third kappa shape index (κ3) is 5.08. The van der Waals surface area contributed by atoms with E-state index < -0.39 is 5.91 Å². The second-order valence-corrected chi connectivity index (χ2v) is 7.20. The molecule has 3 aromatic rings. The van der Waals surface area contributed by atoms with Gasteiger partial charge in [0.05, 0.1) is 0 Å².